The quantitative estimate of drug-likeness (QED) is 0.641. The third-order valence-corrected chi connectivity index (χ3v) is 2.82. The van der Waals surface area contributed by atoms with E-state index in [4.69, 9.17) is 10.00 Å². The van der Waals surface area contributed by atoms with E-state index >= 15 is 0 Å². The lowest BCUT2D eigenvalue weighted by atomic mass is 10.1. The normalized spacial score (nSPS) is 10.8. The Balaban J connectivity index is 2.04. The fourth-order valence-electron chi connectivity index (χ4n) is 1.79. The van der Waals surface area contributed by atoms with E-state index in [1.807, 2.05) is 6.07 Å². The molecule has 3 nitrogen and oxygen atoms in total. The molecule has 112 valence electrons. The summed E-state index contributed by atoms with van der Waals surface area (Å²) in [5.74, 6) is -0.444. The van der Waals surface area contributed by atoms with Gasteiger partial charge in [0.15, 0.2) is 0 Å². The number of esters is 1. The van der Waals surface area contributed by atoms with Crippen molar-refractivity contribution in [1.82, 2.24) is 0 Å². The predicted molar refractivity (Wildman–Crippen MR) is 71.9 cm³/mol. The zero-order valence-electron chi connectivity index (χ0n) is 11.2. The molecule has 0 bridgehead atoms. The van der Waals surface area contributed by atoms with E-state index in [-0.39, 0.29) is 17.7 Å². The number of alkyl halides is 3. The van der Waals surface area contributed by atoms with Crippen LogP contribution in [0.4, 0.5) is 13.2 Å². The highest BCUT2D eigenvalue weighted by molar-refractivity contribution is 5.75. The number of benzene rings is 2. The van der Waals surface area contributed by atoms with Crippen molar-refractivity contribution in [2.24, 2.45) is 0 Å². The van der Waals surface area contributed by atoms with Gasteiger partial charge in [0.25, 0.3) is 0 Å². The molecular formula is C16H10F3NO2. The summed E-state index contributed by atoms with van der Waals surface area (Å²) < 4.78 is 42.8. The fraction of sp³-hybridized carbons (Fsp3) is 0.125. The number of ether oxygens (including phenoxy) is 1. The number of rotatable bonds is 3. The van der Waals surface area contributed by atoms with Crippen molar-refractivity contribution in [3.63, 3.8) is 0 Å². The van der Waals surface area contributed by atoms with Crippen molar-refractivity contribution >= 4 is 5.97 Å². The van der Waals surface area contributed by atoms with Crippen molar-refractivity contribution in [3.8, 4) is 11.8 Å². The fourth-order valence-corrected chi connectivity index (χ4v) is 1.79. The minimum absolute atomic E-state index is 0.216. The smallest absolute Gasteiger partial charge is 0.416 e. The molecule has 0 aliphatic carbocycles. The highest BCUT2D eigenvalue weighted by Crippen LogP contribution is 2.29. The molecule has 0 saturated carbocycles. The van der Waals surface area contributed by atoms with Crippen molar-refractivity contribution in [2.75, 3.05) is 0 Å². The number of nitriles is 1. The lowest BCUT2D eigenvalue weighted by Gasteiger charge is -2.08. The minimum atomic E-state index is -4.45. The Morgan fingerprint density at radius 3 is 2.41 bits per heavy atom. The van der Waals surface area contributed by atoms with Crippen molar-refractivity contribution in [1.29, 1.82) is 5.26 Å². The second-order valence-electron chi connectivity index (χ2n) is 4.49. The number of carbonyl (C=O) groups excluding carboxylic acids is 1. The number of halogens is 3. The van der Waals surface area contributed by atoms with Crippen molar-refractivity contribution in [3.05, 3.63) is 65.2 Å². The molecule has 0 unspecified atom stereocenters. The predicted octanol–water partition coefficient (Wildman–Crippen LogP) is 3.73. The van der Waals surface area contributed by atoms with Crippen LogP contribution in [-0.4, -0.2) is 5.97 Å². The van der Waals surface area contributed by atoms with Gasteiger partial charge in [-0.3, -0.25) is 4.79 Å². The topological polar surface area (TPSA) is 50.1 Å². The van der Waals surface area contributed by atoms with E-state index in [1.165, 1.54) is 36.4 Å². The van der Waals surface area contributed by atoms with Crippen molar-refractivity contribution < 1.29 is 22.7 Å². The third-order valence-electron chi connectivity index (χ3n) is 2.82. The third kappa shape index (κ3) is 4.09. The molecule has 0 spiro atoms. The molecule has 0 fully saturated rings. The van der Waals surface area contributed by atoms with Crippen LogP contribution in [0.25, 0.3) is 0 Å². The summed E-state index contributed by atoms with van der Waals surface area (Å²) in [5, 5.41) is 8.65. The SMILES string of the molecule is N#Cc1ccc(OC(=O)Cc2cccc(C(F)(F)F)c2)cc1. The van der Waals surface area contributed by atoms with Gasteiger partial charge in [-0.25, -0.2) is 0 Å². The van der Waals surface area contributed by atoms with Crippen molar-refractivity contribution in [2.45, 2.75) is 12.6 Å². The average molecular weight is 305 g/mol. The van der Waals surface area contributed by atoms with Gasteiger partial charge in [-0.05, 0) is 35.9 Å². The van der Waals surface area contributed by atoms with Crippen LogP contribution in [0, 0.1) is 11.3 Å². The first-order valence-electron chi connectivity index (χ1n) is 6.25. The van der Waals surface area contributed by atoms with E-state index in [2.05, 4.69) is 0 Å². The number of hydrogen-bond donors (Lipinski definition) is 0. The second-order valence-corrected chi connectivity index (χ2v) is 4.49. The molecule has 0 heterocycles. The number of nitrogens with zero attached hydrogens (tertiary/aromatic N) is 1. The summed E-state index contributed by atoms with van der Waals surface area (Å²) in [7, 11) is 0. The van der Waals surface area contributed by atoms with Crippen LogP contribution in [0.5, 0.6) is 5.75 Å². The number of carbonyl (C=O) groups is 1. The highest BCUT2D eigenvalue weighted by atomic mass is 19.4. The van der Waals surface area contributed by atoms with Gasteiger partial charge in [0.2, 0.25) is 0 Å². The lowest BCUT2D eigenvalue weighted by molar-refractivity contribution is -0.138. The summed E-state index contributed by atoms with van der Waals surface area (Å²) in [6.45, 7) is 0. The molecule has 6 heteroatoms. The standard InChI is InChI=1S/C16H10F3NO2/c17-16(18,19)13-3-1-2-12(8-13)9-15(21)22-14-6-4-11(10-20)5-7-14/h1-8H,9H2. The molecule has 2 rings (SSSR count). The second kappa shape index (κ2) is 6.31. The van der Waals surface area contributed by atoms with Crippen LogP contribution in [0.2, 0.25) is 0 Å². The largest absolute Gasteiger partial charge is 0.426 e. The Bertz CT molecular complexity index is 715. The number of hydrogen-bond acceptors (Lipinski definition) is 3. The van der Waals surface area contributed by atoms with Gasteiger partial charge < -0.3 is 4.74 Å². The van der Waals surface area contributed by atoms with Gasteiger partial charge in [0, 0.05) is 0 Å². The Morgan fingerprint density at radius 1 is 1.14 bits per heavy atom. The van der Waals surface area contributed by atoms with Crippen LogP contribution >= 0.6 is 0 Å². The molecule has 0 aromatic heterocycles. The summed E-state index contributed by atoms with van der Waals surface area (Å²) in [5.41, 5.74) is -0.178. The van der Waals surface area contributed by atoms with E-state index in [9.17, 15) is 18.0 Å². The molecule has 0 atom stereocenters. The van der Waals surface area contributed by atoms with Crippen LogP contribution in [-0.2, 0) is 17.4 Å². The Labute approximate surface area is 124 Å². The maximum Gasteiger partial charge on any atom is 0.416 e. The summed E-state index contributed by atoms with van der Waals surface area (Å²) >= 11 is 0. The molecule has 2 aromatic rings. The van der Waals surface area contributed by atoms with Gasteiger partial charge in [-0.15, -0.1) is 0 Å². The molecule has 0 aliphatic rings. The van der Waals surface area contributed by atoms with E-state index in [0.29, 0.717) is 5.56 Å². The first-order chi connectivity index (χ1) is 10.4. The van der Waals surface area contributed by atoms with Crippen LogP contribution in [0.1, 0.15) is 16.7 Å². The average Bonchev–Trinajstić information content (AvgIpc) is 2.47. The Morgan fingerprint density at radius 2 is 1.82 bits per heavy atom. The maximum absolute atomic E-state index is 12.6. The van der Waals surface area contributed by atoms with Gasteiger partial charge in [-0.2, -0.15) is 18.4 Å². The zero-order valence-corrected chi connectivity index (χ0v) is 11.2. The van der Waals surface area contributed by atoms with E-state index in [0.717, 1.165) is 12.1 Å². The van der Waals surface area contributed by atoms with Crippen LogP contribution in [0.3, 0.4) is 0 Å². The van der Waals surface area contributed by atoms with Gasteiger partial charge in [0.05, 0.1) is 23.6 Å². The first-order valence-corrected chi connectivity index (χ1v) is 6.25. The van der Waals surface area contributed by atoms with Crippen LogP contribution in [0.15, 0.2) is 48.5 Å². The van der Waals surface area contributed by atoms with E-state index in [1.54, 1.807) is 0 Å². The summed E-state index contributed by atoms with van der Waals surface area (Å²) in [4.78, 5) is 11.7. The maximum atomic E-state index is 12.6. The zero-order chi connectivity index (χ0) is 16.2. The van der Waals surface area contributed by atoms with Gasteiger partial charge in [-0.1, -0.05) is 18.2 Å². The molecular weight excluding hydrogens is 295 g/mol. The molecule has 2 aromatic carbocycles. The Kier molecular flexibility index (Phi) is 4.47. The van der Waals surface area contributed by atoms with Gasteiger partial charge in [0.1, 0.15) is 5.75 Å². The summed E-state index contributed by atoms with van der Waals surface area (Å²) in [6.07, 6.45) is -4.73. The van der Waals surface area contributed by atoms with E-state index < -0.39 is 17.7 Å². The molecule has 0 N–H and O–H groups in total. The first kappa shape index (κ1) is 15.6. The highest BCUT2D eigenvalue weighted by Gasteiger charge is 2.30. The van der Waals surface area contributed by atoms with Crippen LogP contribution < -0.4 is 4.74 Å². The molecule has 0 saturated heterocycles. The van der Waals surface area contributed by atoms with Gasteiger partial charge >= 0.3 is 12.1 Å². The minimum Gasteiger partial charge on any atom is -0.426 e. The molecule has 22 heavy (non-hydrogen) atoms. The Hall–Kier alpha value is -2.81. The monoisotopic (exact) mass is 305 g/mol. The molecule has 0 aliphatic heterocycles. The lowest BCUT2D eigenvalue weighted by Crippen LogP contribution is -2.12. The summed E-state index contributed by atoms with van der Waals surface area (Å²) in [6, 6.07) is 12.3. The molecule has 0 amide bonds. The molecule has 0 radical (unpaired) electrons.